The number of fused-ring (bicyclic) bond motifs is 4. The van der Waals surface area contributed by atoms with Crippen molar-refractivity contribution in [1.82, 2.24) is 24.4 Å². The minimum atomic E-state index is -0.640. The average Bonchev–Trinajstić information content (AvgIpc) is 3.28. The van der Waals surface area contributed by atoms with Crippen LogP contribution in [0.3, 0.4) is 0 Å². The highest BCUT2D eigenvalue weighted by Gasteiger charge is 2.38. The van der Waals surface area contributed by atoms with Crippen LogP contribution in [0.5, 0.6) is 5.75 Å². The van der Waals surface area contributed by atoms with Crippen LogP contribution in [0.1, 0.15) is 25.5 Å². The van der Waals surface area contributed by atoms with E-state index in [1.807, 2.05) is 13.8 Å². The molecular formula is C20H18F2N6O. The number of rotatable bonds is 2. The molecule has 0 spiro atoms. The van der Waals surface area contributed by atoms with Gasteiger partial charge in [0.2, 0.25) is 0 Å². The second-order valence-corrected chi connectivity index (χ2v) is 7.55. The van der Waals surface area contributed by atoms with Gasteiger partial charge in [-0.3, -0.25) is 4.57 Å². The lowest BCUT2D eigenvalue weighted by molar-refractivity contribution is 0.409. The molecule has 0 saturated heterocycles. The molecule has 1 aromatic carbocycles. The summed E-state index contributed by atoms with van der Waals surface area (Å²) in [6.45, 7) is 5.60. The van der Waals surface area contributed by atoms with Gasteiger partial charge in [-0.25, -0.2) is 13.3 Å². The Kier molecular flexibility index (Phi) is 3.49. The lowest BCUT2D eigenvalue weighted by Gasteiger charge is -2.35. The first-order chi connectivity index (χ1) is 13.8. The van der Waals surface area contributed by atoms with Gasteiger partial charge >= 0.3 is 0 Å². The first kappa shape index (κ1) is 17.6. The molecule has 1 N–H and O–H groups in total. The number of anilines is 1. The predicted octanol–water partition coefficient (Wildman–Crippen LogP) is 3.84. The Morgan fingerprint density at radius 3 is 2.69 bits per heavy atom. The third-order valence-electron chi connectivity index (χ3n) is 5.22. The first-order valence-electron chi connectivity index (χ1n) is 9.06. The molecule has 4 aromatic rings. The number of aromatic nitrogens is 5. The van der Waals surface area contributed by atoms with Crippen molar-refractivity contribution >= 4 is 11.2 Å². The zero-order valence-electron chi connectivity index (χ0n) is 16.3. The molecule has 9 heteroatoms. The fourth-order valence-electron chi connectivity index (χ4n) is 3.97. The van der Waals surface area contributed by atoms with E-state index in [-0.39, 0.29) is 5.69 Å². The van der Waals surface area contributed by atoms with Crippen LogP contribution in [0.2, 0.25) is 0 Å². The number of ether oxygens (including phenoxy) is 1. The van der Waals surface area contributed by atoms with Crippen LogP contribution in [0.15, 0.2) is 30.6 Å². The molecule has 5 rings (SSSR count). The Morgan fingerprint density at radius 2 is 1.93 bits per heavy atom. The van der Waals surface area contributed by atoms with Gasteiger partial charge in [0.1, 0.15) is 23.1 Å². The van der Waals surface area contributed by atoms with E-state index in [2.05, 4.69) is 20.6 Å². The summed E-state index contributed by atoms with van der Waals surface area (Å²) in [7, 11) is 1.50. The van der Waals surface area contributed by atoms with Gasteiger partial charge in [-0.05, 0) is 39.0 Å². The minimum absolute atomic E-state index is 0.284. The Morgan fingerprint density at radius 1 is 1.14 bits per heavy atom. The smallest absolute Gasteiger partial charge is 0.162 e. The van der Waals surface area contributed by atoms with Crippen LogP contribution in [0.4, 0.5) is 14.5 Å². The summed E-state index contributed by atoms with van der Waals surface area (Å²) >= 11 is 0. The van der Waals surface area contributed by atoms with Crippen molar-refractivity contribution in [3.63, 3.8) is 0 Å². The lowest BCUT2D eigenvalue weighted by atomic mass is 9.96. The number of hydrogen-bond donors (Lipinski definition) is 1. The molecule has 0 atom stereocenters. The Bertz CT molecular complexity index is 1290. The van der Waals surface area contributed by atoms with Gasteiger partial charge in [0, 0.05) is 11.1 Å². The fourth-order valence-corrected chi connectivity index (χ4v) is 3.97. The van der Waals surface area contributed by atoms with Gasteiger partial charge in [0.05, 0.1) is 36.2 Å². The van der Waals surface area contributed by atoms with Gasteiger partial charge in [0.25, 0.3) is 0 Å². The van der Waals surface area contributed by atoms with Crippen molar-refractivity contribution in [1.29, 1.82) is 0 Å². The van der Waals surface area contributed by atoms with E-state index >= 15 is 4.39 Å². The van der Waals surface area contributed by atoms with Crippen molar-refractivity contribution in [3.8, 4) is 22.6 Å². The summed E-state index contributed by atoms with van der Waals surface area (Å²) < 4.78 is 38.5. The van der Waals surface area contributed by atoms with E-state index in [0.29, 0.717) is 39.7 Å². The van der Waals surface area contributed by atoms with Crippen molar-refractivity contribution in [2.75, 3.05) is 12.4 Å². The second kappa shape index (κ2) is 5.76. The molecule has 0 unspecified atom stereocenters. The first-order valence-corrected chi connectivity index (χ1v) is 9.06. The Labute approximate surface area is 164 Å². The molecular weight excluding hydrogens is 378 g/mol. The highest BCUT2D eigenvalue weighted by atomic mass is 19.1. The van der Waals surface area contributed by atoms with Gasteiger partial charge < -0.3 is 10.1 Å². The molecule has 0 saturated carbocycles. The topological polar surface area (TPSA) is 69.3 Å². The quantitative estimate of drug-likeness (QED) is 0.558. The maximum Gasteiger partial charge on any atom is 0.162 e. The van der Waals surface area contributed by atoms with Crippen molar-refractivity contribution in [2.45, 2.75) is 26.3 Å². The summed E-state index contributed by atoms with van der Waals surface area (Å²) in [6.07, 6.45) is 2.83. The number of benzene rings is 1. The summed E-state index contributed by atoms with van der Waals surface area (Å²) in [5, 5.41) is 15.7. The van der Waals surface area contributed by atoms with Crippen LogP contribution in [0, 0.1) is 18.6 Å². The van der Waals surface area contributed by atoms with E-state index in [1.165, 1.54) is 30.0 Å². The zero-order chi connectivity index (χ0) is 20.5. The second-order valence-electron chi connectivity index (χ2n) is 7.55. The van der Waals surface area contributed by atoms with Crippen LogP contribution in [0.25, 0.3) is 22.3 Å². The SMILES string of the molecule is COc1c(-c2cc(F)cn3nccc23)cc(F)c2c1-n1c(C)nnc1C(C)(C)N2. The number of pyridine rings is 1. The van der Waals surface area contributed by atoms with E-state index in [4.69, 9.17) is 4.74 Å². The van der Waals surface area contributed by atoms with Gasteiger partial charge in [-0.1, -0.05) is 0 Å². The molecule has 0 radical (unpaired) electrons. The Hall–Kier alpha value is -3.49. The summed E-state index contributed by atoms with van der Waals surface area (Å²) in [5.41, 5.74) is 1.62. The number of halogens is 2. The average molecular weight is 396 g/mol. The third-order valence-corrected chi connectivity index (χ3v) is 5.22. The van der Waals surface area contributed by atoms with Gasteiger partial charge in [0.15, 0.2) is 11.6 Å². The zero-order valence-corrected chi connectivity index (χ0v) is 16.3. The Balaban J connectivity index is 1.90. The van der Waals surface area contributed by atoms with E-state index < -0.39 is 17.2 Å². The molecule has 7 nitrogen and oxygen atoms in total. The van der Waals surface area contributed by atoms with Gasteiger partial charge in [-0.15, -0.1) is 10.2 Å². The summed E-state index contributed by atoms with van der Waals surface area (Å²) in [5.74, 6) is 0.647. The monoisotopic (exact) mass is 396 g/mol. The van der Waals surface area contributed by atoms with Crippen molar-refractivity contribution in [3.05, 3.63) is 53.9 Å². The molecule has 4 heterocycles. The summed E-state index contributed by atoms with van der Waals surface area (Å²) in [6, 6.07) is 4.44. The summed E-state index contributed by atoms with van der Waals surface area (Å²) in [4.78, 5) is 0. The molecule has 1 aliphatic rings. The van der Waals surface area contributed by atoms with E-state index in [1.54, 1.807) is 23.8 Å². The fraction of sp³-hybridized carbons (Fsp3) is 0.250. The molecule has 0 amide bonds. The standard InChI is InChI=1S/C20H18F2N6O/c1-10-25-26-19-20(2,3)24-16-14(22)8-13(18(29-4)17(16)28(10)19)12-7-11(21)9-27-15(12)5-6-23-27/h5-9,24H,1-4H3. The molecule has 0 aliphatic carbocycles. The highest BCUT2D eigenvalue weighted by molar-refractivity contribution is 5.90. The van der Waals surface area contributed by atoms with Crippen molar-refractivity contribution in [2.24, 2.45) is 0 Å². The molecule has 29 heavy (non-hydrogen) atoms. The van der Waals surface area contributed by atoms with Gasteiger partial charge in [-0.2, -0.15) is 5.10 Å². The van der Waals surface area contributed by atoms with E-state index in [9.17, 15) is 4.39 Å². The maximum absolute atomic E-state index is 15.3. The predicted molar refractivity (Wildman–Crippen MR) is 103 cm³/mol. The maximum atomic E-state index is 15.3. The van der Waals surface area contributed by atoms with Crippen LogP contribution >= 0.6 is 0 Å². The van der Waals surface area contributed by atoms with Crippen molar-refractivity contribution < 1.29 is 13.5 Å². The minimum Gasteiger partial charge on any atom is -0.494 e. The number of nitrogens with zero attached hydrogens (tertiary/aromatic N) is 5. The third kappa shape index (κ3) is 2.36. The molecule has 3 aromatic heterocycles. The van der Waals surface area contributed by atoms with E-state index in [0.717, 1.165) is 0 Å². The highest BCUT2D eigenvalue weighted by Crippen LogP contribution is 2.47. The van der Waals surface area contributed by atoms with Crippen LogP contribution in [-0.4, -0.2) is 31.5 Å². The molecule has 0 bridgehead atoms. The number of aryl methyl sites for hydroxylation is 1. The lowest BCUT2D eigenvalue weighted by Crippen LogP contribution is -2.36. The number of hydrogen-bond acceptors (Lipinski definition) is 5. The molecule has 0 fully saturated rings. The normalized spacial score (nSPS) is 14.4. The van der Waals surface area contributed by atoms with Crippen LogP contribution < -0.4 is 10.1 Å². The largest absolute Gasteiger partial charge is 0.494 e. The molecule has 1 aliphatic heterocycles. The molecule has 148 valence electrons. The number of methoxy groups -OCH3 is 1. The van der Waals surface area contributed by atoms with Crippen LogP contribution in [-0.2, 0) is 5.54 Å². The number of nitrogens with one attached hydrogen (secondary N) is 1.